The second kappa shape index (κ2) is 9.31. The number of hydrogen-bond acceptors (Lipinski definition) is 4. The average molecular weight is 441 g/mol. The van der Waals surface area contributed by atoms with Gasteiger partial charge in [0, 0.05) is 32.1 Å². The van der Waals surface area contributed by atoms with Crippen molar-refractivity contribution in [3.8, 4) is 0 Å². The van der Waals surface area contributed by atoms with Gasteiger partial charge < -0.3 is 9.64 Å². The molecule has 0 unspecified atom stereocenters. The van der Waals surface area contributed by atoms with Gasteiger partial charge in [-0.2, -0.15) is 0 Å². The summed E-state index contributed by atoms with van der Waals surface area (Å²) in [6.07, 6.45) is 1.13. The lowest BCUT2D eigenvalue weighted by Crippen LogP contribution is -2.37. The minimum atomic E-state index is -0.422. The van der Waals surface area contributed by atoms with Crippen molar-refractivity contribution in [2.45, 2.75) is 60.9 Å². The number of ether oxygens (including phenoxy) is 1. The molecule has 32 heavy (non-hydrogen) atoms. The molecular weight excluding hydrogens is 407 g/mol. The molecule has 0 bridgehead atoms. The zero-order chi connectivity index (χ0) is 23.6. The van der Waals surface area contributed by atoms with Crippen molar-refractivity contribution in [1.29, 1.82) is 0 Å². The van der Waals surface area contributed by atoms with Gasteiger partial charge in [0.05, 0.1) is 5.69 Å². The highest BCUT2D eigenvalue weighted by atomic mass is 19.1. The number of carbonyl (C=O) groups is 2. The van der Waals surface area contributed by atoms with Gasteiger partial charge in [0.1, 0.15) is 5.82 Å². The monoisotopic (exact) mass is 440 g/mol. The van der Waals surface area contributed by atoms with Gasteiger partial charge in [0.15, 0.2) is 6.73 Å². The van der Waals surface area contributed by atoms with Crippen molar-refractivity contribution in [1.82, 2.24) is 0 Å². The van der Waals surface area contributed by atoms with Crippen LogP contribution in [0.4, 0.5) is 15.8 Å². The highest BCUT2D eigenvalue weighted by molar-refractivity contribution is 5.95. The van der Waals surface area contributed by atoms with Crippen LogP contribution in [0.1, 0.15) is 56.4 Å². The Hall–Kier alpha value is -2.89. The van der Waals surface area contributed by atoms with Crippen LogP contribution in [0.15, 0.2) is 30.3 Å². The predicted molar refractivity (Wildman–Crippen MR) is 125 cm³/mol. The van der Waals surface area contributed by atoms with Crippen LogP contribution in [-0.4, -0.2) is 25.2 Å². The molecule has 0 saturated heterocycles. The molecule has 5 nitrogen and oxygen atoms in total. The zero-order valence-electron chi connectivity index (χ0n) is 19.9. The number of hydrogen-bond donors (Lipinski definition) is 0. The number of aryl methyl sites for hydroxylation is 2. The topological polar surface area (TPSA) is 49.9 Å². The van der Waals surface area contributed by atoms with E-state index >= 15 is 0 Å². The first kappa shape index (κ1) is 23.8. The molecule has 0 fully saturated rings. The maximum Gasteiger partial charge on any atom is 0.304 e. The minimum Gasteiger partial charge on any atom is -0.444 e. The number of esters is 1. The van der Waals surface area contributed by atoms with Gasteiger partial charge in [0.2, 0.25) is 5.91 Å². The minimum absolute atomic E-state index is 0.0772. The van der Waals surface area contributed by atoms with Gasteiger partial charge in [-0.05, 0) is 72.2 Å². The van der Waals surface area contributed by atoms with E-state index in [0.29, 0.717) is 13.0 Å². The first-order valence-corrected chi connectivity index (χ1v) is 11.0. The summed E-state index contributed by atoms with van der Waals surface area (Å²) in [5, 5.41) is 0. The van der Waals surface area contributed by atoms with Crippen molar-refractivity contribution < 1.29 is 18.7 Å². The Morgan fingerprint density at radius 2 is 1.75 bits per heavy atom. The van der Waals surface area contributed by atoms with E-state index in [4.69, 9.17) is 4.74 Å². The molecule has 0 radical (unpaired) electrons. The van der Waals surface area contributed by atoms with Gasteiger partial charge in [-0.15, -0.1) is 0 Å². The SMILES string of the molecule is CC(=O)OCN(C(=O)CC(C)(C)C)c1c(C)cc(N2CCc3cc(F)ccc3C2)cc1C. The third-order valence-electron chi connectivity index (χ3n) is 5.67. The maximum absolute atomic E-state index is 13.5. The third kappa shape index (κ3) is 5.67. The zero-order valence-corrected chi connectivity index (χ0v) is 19.9. The lowest BCUT2D eigenvalue weighted by Gasteiger charge is -2.33. The Balaban J connectivity index is 1.91. The molecule has 172 valence electrons. The number of rotatable bonds is 5. The summed E-state index contributed by atoms with van der Waals surface area (Å²) in [5.74, 6) is -0.693. The Kier molecular flexibility index (Phi) is 6.91. The lowest BCUT2D eigenvalue weighted by molar-refractivity contribution is -0.141. The second-order valence-corrected chi connectivity index (χ2v) is 9.84. The van der Waals surface area contributed by atoms with Gasteiger partial charge in [-0.3, -0.25) is 14.5 Å². The Bertz CT molecular complexity index is 1000. The fourth-order valence-corrected chi connectivity index (χ4v) is 4.25. The van der Waals surface area contributed by atoms with E-state index in [9.17, 15) is 14.0 Å². The van der Waals surface area contributed by atoms with E-state index in [0.717, 1.165) is 46.6 Å². The van der Waals surface area contributed by atoms with E-state index in [1.54, 1.807) is 11.0 Å². The summed E-state index contributed by atoms with van der Waals surface area (Å²) < 4.78 is 18.8. The van der Waals surface area contributed by atoms with E-state index < -0.39 is 5.97 Å². The van der Waals surface area contributed by atoms with E-state index in [1.165, 1.54) is 13.0 Å². The predicted octanol–water partition coefficient (Wildman–Crippen LogP) is 5.30. The van der Waals surface area contributed by atoms with Crippen LogP contribution < -0.4 is 9.80 Å². The van der Waals surface area contributed by atoms with Crippen LogP contribution >= 0.6 is 0 Å². The van der Waals surface area contributed by atoms with E-state index in [2.05, 4.69) is 17.0 Å². The van der Waals surface area contributed by atoms with Gasteiger partial charge in [-0.1, -0.05) is 26.8 Å². The molecule has 1 amide bonds. The summed E-state index contributed by atoms with van der Waals surface area (Å²) in [4.78, 5) is 28.4. The molecule has 3 rings (SSSR count). The van der Waals surface area contributed by atoms with Crippen LogP contribution in [0.25, 0.3) is 0 Å². The van der Waals surface area contributed by atoms with Gasteiger partial charge >= 0.3 is 5.97 Å². The van der Waals surface area contributed by atoms with Gasteiger partial charge in [0.25, 0.3) is 0 Å². The molecule has 0 atom stereocenters. The second-order valence-electron chi connectivity index (χ2n) is 9.84. The lowest BCUT2D eigenvalue weighted by atomic mass is 9.91. The first-order valence-electron chi connectivity index (χ1n) is 11.0. The summed E-state index contributed by atoms with van der Waals surface area (Å²) in [6, 6.07) is 9.14. The molecule has 2 aromatic rings. The smallest absolute Gasteiger partial charge is 0.304 e. The molecule has 0 spiro atoms. The number of nitrogens with zero attached hydrogens (tertiary/aromatic N) is 2. The Morgan fingerprint density at radius 3 is 2.34 bits per heavy atom. The average Bonchev–Trinajstić information content (AvgIpc) is 2.67. The molecule has 1 aliphatic heterocycles. The number of fused-ring (bicyclic) bond motifs is 1. The highest BCUT2D eigenvalue weighted by Crippen LogP contribution is 2.34. The first-order chi connectivity index (χ1) is 14.9. The fraction of sp³-hybridized carbons (Fsp3) is 0.462. The molecule has 0 N–H and O–H groups in total. The summed E-state index contributed by atoms with van der Waals surface area (Å²) in [6.45, 7) is 12.7. The Morgan fingerprint density at radius 1 is 1.09 bits per heavy atom. The molecule has 0 saturated carbocycles. The van der Waals surface area contributed by atoms with Crippen molar-refractivity contribution in [3.05, 3.63) is 58.4 Å². The van der Waals surface area contributed by atoms with Crippen molar-refractivity contribution >= 4 is 23.3 Å². The largest absolute Gasteiger partial charge is 0.444 e. The molecular formula is C26H33FN2O3. The molecule has 1 aliphatic rings. The van der Waals surface area contributed by atoms with Crippen LogP contribution in [-0.2, 0) is 27.3 Å². The molecule has 0 aromatic heterocycles. The Labute approximate surface area is 190 Å². The van der Waals surface area contributed by atoms with E-state index in [-0.39, 0.29) is 23.9 Å². The van der Waals surface area contributed by atoms with Gasteiger partial charge in [-0.25, -0.2) is 4.39 Å². The summed E-state index contributed by atoms with van der Waals surface area (Å²) in [5.41, 5.74) is 5.74. The quantitative estimate of drug-likeness (QED) is 0.468. The number of anilines is 2. The molecule has 2 aromatic carbocycles. The van der Waals surface area contributed by atoms with Crippen LogP contribution in [0.5, 0.6) is 0 Å². The number of amides is 1. The molecule has 0 aliphatic carbocycles. The number of carbonyl (C=O) groups excluding carboxylic acids is 2. The van der Waals surface area contributed by atoms with Crippen LogP contribution in [0.3, 0.4) is 0 Å². The summed E-state index contributed by atoms with van der Waals surface area (Å²) in [7, 11) is 0. The van der Waals surface area contributed by atoms with Crippen molar-refractivity contribution in [2.24, 2.45) is 5.41 Å². The molecule has 6 heteroatoms. The standard InChI is InChI=1S/C26H33FN2O3/c1-17-11-23(28-10-9-20-13-22(27)8-7-21(20)15-28)12-18(2)25(17)29(16-32-19(3)30)24(31)14-26(4,5)6/h7-8,11-13H,9-10,14-16H2,1-6H3. The van der Waals surface area contributed by atoms with Crippen molar-refractivity contribution in [2.75, 3.05) is 23.1 Å². The summed E-state index contributed by atoms with van der Waals surface area (Å²) >= 11 is 0. The highest BCUT2D eigenvalue weighted by Gasteiger charge is 2.26. The van der Waals surface area contributed by atoms with Crippen LogP contribution in [0, 0.1) is 25.1 Å². The van der Waals surface area contributed by atoms with Crippen LogP contribution in [0.2, 0.25) is 0 Å². The number of halogens is 1. The number of benzene rings is 2. The molecule has 1 heterocycles. The fourth-order valence-electron chi connectivity index (χ4n) is 4.25. The maximum atomic E-state index is 13.5. The van der Waals surface area contributed by atoms with Crippen molar-refractivity contribution in [3.63, 3.8) is 0 Å². The van der Waals surface area contributed by atoms with E-state index in [1.807, 2.05) is 40.7 Å². The normalized spacial score (nSPS) is 13.5. The third-order valence-corrected chi connectivity index (χ3v) is 5.67.